The number of alkyl halides is 2. The van der Waals surface area contributed by atoms with Crippen molar-refractivity contribution in [1.82, 2.24) is 19.6 Å². The van der Waals surface area contributed by atoms with Gasteiger partial charge in [-0.2, -0.15) is 19.0 Å². The third kappa shape index (κ3) is 2.43. The fraction of sp³-hybridized carbons (Fsp3) is 0.400. The van der Waals surface area contributed by atoms with Crippen LogP contribution in [0.5, 0.6) is 0 Å². The summed E-state index contributed by atoms with van der Waals surface area (Å²) in [7, 11) is 1.82. The molecule has 17 heavy (non-hydrogen) atoms. The highest BCUT2D eigenvalue weighted by molar-refractivity contribution is 5.35. The first kappa shape index (κ1) is 11.6. The molecule has 0 radical (unpaired) electrons. The van der Waals surface area contributed by atoms with Crippen LogP contribution in [-0.4, -0.2) is 19.6 Å². The lowest BCUT2D eigenvalue weighted by atomic mass is 10.4. The molecule has 0 aromatic carbocycles. The van der Waals surface area contributed by atoms with Crippen LogP contribution in [0.4, 0.5) is 14.6 Å². The van der Waals surface area contributed by atoms with Gasteiger partial charge in [0.15, 0.2) is 0 Å². The highest BCUT2D eigenvalue weighted by atomic mass is 19.3. The molecule has 0 fully saturated rings. The predicted octanol–water partition coefficient (Wildman–Crippen LogP) is 1.93. The summed E-state index contributed by atoms with van der Waals surface area (Å²) in [6.07, 6.45) is 1.35. The first-order chi connectivity index (χ1) is 8.08. The summed E-state index contributed by atoms with van der Waals surface area (Å²) >= 11 is 0. The first-order valence-electron chi connectivity index (χ1n) is 5.13. The Kier molecular flexibility index (Phi) is 3.08. The molecular weight excluding hydrogens is 228 g/mol. The topological polar surface area (TPSA) is 47.7 Å². The zero-order valence-electron chi connectivity index (χ0n) is 9.56. The standard InChI is InChI=1S/C10H13F2N5/c1-7-5-9(15-16(7)2)13-6-8-3-4-14-17(8)10(11)12/h3-5,10H,6H2,1-2H3,(H,13,15). The molecule has 2 aromatic heterocycles. The molecule has 0 aliphatic rings. The quantitative estimate of drug-likeness (QED) is 0.889. The van der Waals surface area contributed by atoms with Crippen molar-refractivity contribution in [3.8, 4) is 0 Å². The smallest absolute Gasteiger partial charge is 0.333 e. The number of rotatable bonds is 4. The van der Waals surface area contributed by atoms with Crippen LogP contribution in [0.3, 0.4) is 0 Å². The van der Waals surface area contributed by atoms with Gasteiger partial charge in [0, 0.05) is 25.0 Å². The van der Waals surface area contributed by atoms with E-state index < -0.39 is 6.55 Å². The van der Waals surface area contributed by atoms with Gasteiger partial charge in [0.2, 0.25) is 0 Å². The second-order valence-corrected chi connectivity index (χ2v) is 3.69. The Morgan fingerprint density at radius 3 is 2.82 bits per heavy atom. The maximum atomic E-state index is 12.5. The minimum atomic E-state index is -2.62. The number of hydrogen-bond donors (Lipinski definition) is 1. The average Bonchev–Trinajstić information content (AvgIpc) is 2.83. The van der Waals surface area contributed by atoms with E-state index in [4.69, 9.17) is 0 Å². The van der Waals surface area contributed by atoms with Crippen LogP contribution in [0.2, 0.25) is 0 Å². The summed E-state index contributed by atoms with van der Waals surface area (Å²) in [5.74, 6) is 0.659. The van der Waals surface area contributed by atoms with E-state index in [-0.39, 0.29) is 6.54 Å². The van der Waals surface area contributed by atoms with Crippen LogP contribution in [-0.2, 0) is 13.6 Å². The van der Waals surface area contributed by atoms with E-state index in [1.165, 1.54) is 6.20 Å². The normalized spacial score (nSPS) is 11.1. The molecule has 0 spiro atoms. The molecule has 5 nitrogen and oxygen atoms in total. The SMILES string of the molecule is Cc1cc(NCc2ccnn2C(F)F)nn1C. The minimum Gasteiger partial charge on any atom is -0.363 e. The third-order valence-corrected chi connectivity index (χ3v) is 2.50. The van der Waals surface area contributed by atoms with Crippen molar-refractivity contribution < 1.29 is 8.78 Å². The molecular formula is C10H13F2N5. The van der Waals surface area contributed by atoms with E-state index >= 15 is 0 Å². The van der Waals surface area contributed by atoms with Gasteiger partial charge in [0.05, 0.1) is 12.2 Å². The summed E-state index contributed by atoms with van der Waals surface area (Å²) < 4.78 is 27.4. The Morgan fingerprint density at radius 2 is 2.24 bits per heavy atom. The lowest BCUT2D eigenvalue weighted by Gasteiger charge is -2.06. The maximum Gasteiger partial charge on any atom is 0.333 e. The minimum absolute atomic E-state index is 0.265. The highest BCUT2D eigenvalue weighted by Crippen LogP contribution is 2.14. The molecule has 0 amide bonds. The van der Waals surface area contributed by atoms with Crippen molar-refractivity contribution >= 4 is 5.82 Å². The van der Waals surface area contributed by atoms with Gasteiger partial charge in [-0.3, -0.25) is 4.68 Å². The lowest BCUT2D eigenvalue weighted by molar-refractivity contribution is 0.0537. The molecule has 0 saturated heterocycles. The van der Waals surface area contributed by atoms with Crippen molar-refractivity contribution in [3.05, 3.63) is 29.7 Å². The maximum absolute atomic E-state index is 12.5. The molecule has 0 aliphatic carbocycles. The Bertz CT molecular complexity index is 483. The van der Waals surface area contributed by atoms with Gasteiger partial charge >= 0.3 is 6.55 Å². The molecule has 0 atom stereocenters. The first-order valence-corrected chi connectivity index (χ1v) is 5.13. The van der Waals surface area contributed by atoms with Gasteiger partial charge in [-0.25, -0.2) is 4.68 Å². The second-order valence-electron chi connectivity index (χ2n) is 3.69. The van der Waals surface area contributed by atoms with Gasteiger partial charge in [-0.1, -0.05) is 0 Å². The van der Waals surface area contributed by atoms with Crippen LogP contribution >= 0.6 is 0 Å². The van der Waals surface area contributed by atoms with E-state index in [0.717, 1.165) is 5.69 Å². The number of aromatic nitrogens is 4. The summed E-state index contributed by atoms with van der Waals surface area (Å²) in [5, 5.41) is 10.7. The number of halogens is 2. The Balaban J connectivity index is 2.04. The van der Waals surface area contributed by atoms with Crippen molar-refractivity contribution in [2.24, 2.45) is 7.05 Å². The molecule has 0 saturated carbocycles. The third-order valence-electron chi connectivity index (χ3n) is 2.50. The Hall–Kier alpha value is -1.92. The van der Waals surface area contributed by atoms with E-state index in [1.54, 1.807) is 10.7 Å². The van der Waals surface area contributed by atoms with Crippen molar-refractivity contribution in [2.75, 3.05) is 5.32 Å². The van der Waals surface area contributed by atoms with Crippen molar-refractivity contribution in [3.63, 3.8) is 0 Å². The molecule has 92 valence electrons. The summed E-state index contributed by atoms with van der Waals surface area (Å²) in [6.45, 7) is -0.435. The summed E-state index contributed by atoms with van der Waals surface area (Å²) in [5.41, 5.74) is 1.41. The van der Waals surface area contributed by atoms with Crippen molar-refractivity contribution in [2.45, 2.75) is 20.0 Å². The largest absolute Gasteiger partial charge is 0.363 e. The lowest BCUT2D eigenvalue weighted by Crippen LogP contribution is -2.10. The predicted molar refractivity (Wildman–Crippen MR) is 58.8 cm³/mol. The number of nitrogens with one attached hydrogen (secondary N) is 1. The molecule has 2 rings (SSSR count). The monoisotopic (exact) mass is 241 g/mol. The van der Waals surface area contributed by atoms with Gasteiger partial charge in [-0.15, -0.1) is 0 Å². The molecule has 1 N–H and O–H groups in total. The van der Waals surface area contributed by atoms with E-state index in [0.29, 0.717) is 16.2 Å². The van der Waals surface area contributed by atoms with Gasteiger partial charge in [0.25, 0.3) is 0 Å². The molecule has 0 bridgehead atoms. The van der Waals surface area contributed by atoms with E-state index in [9.17, 15) is 8.78 Å². The highest BCUT2D eigenvalue weighted by Gasteiger charge is 2.11. The summed E-state index contributed by atoms with van der Waals surface area (Å²) in [6, 6.07) is 3.40. The van der Waals surface area contributed by atoms with Crippen LogP contribution < -0.4 is 5.32 Å². The Labute approximate surface area is 97.0 Å². The Morgan fingerprint density at radius 1 is 1.47 bits per heavy atom. The van der Waals surface area contributed by atoms with Gasteiger partial charge < -0.3 is 5.32 Å². The van der Waals surface area contributed by atoms with E-state index in [2.05, 4.69) is 15.5 Å². The number of hydrogen-bond acceptors (Lipinski definition) is 3. The number of anilines is 1. The van der Waals surface area contributed by atoms with E-state index in [1.807, 2.05) is 20.0 Å². The van der Waals surface area contributed by atoms with Crippen molar-refractivity contribution in [1.29, 1.82) is 0 Å². The number of nitrogens with zero attached hydrogens (tertiary/aromatic N) is 4. The molecule has 7 heteroatoms. The molecule has 2 aromatic rings. The zero-order valence-corrected chi connectivity index (χ0v) is 9.56. The zero-order chi connectivity index (χ0) is 12.4. The average molecular weight is 241 g/mol. The number of aryl methyl sites for hydroxylation is 2. The second kappa shape index (κ2) is 4.52. The van der Waals surface area contributed by atoms with Crippen LogP contribution in [0.25, 0.3) is 0 Å². The van der Waals surface area contributed by atoms with Crippen LogP contribution in [0.15, 0.2) is 18.3 Å². The fourth-order valence-electron chi connectivity index (χ4n) is 1.49. The molecule has 0 aliphatic heterocycles. The fourth-order valence-corrected chi connectivity index (χ4v) is 1.49. The van der Waals surface area contributed by atoms with Crippen LogP contribution in [0.1, 0.15) is 17.9 Å². The summed E-state index contributed by atoms with van der Waals surface area (Å²) in [4.78, 5) is 0. The van der Waals surface area contributed by atoms with Gasteiger partial charge in [0.1, 0.15) is 5.82 Å². The molecule has 0 unspecified atom stereocenters. The van der Waals surface area contributed by atoms with Gasteiger partial charge in [-0.05, 0) is 13.0 Å². The van der Waals surface area contributed by atoms with Crippen LogP contribution in [0, 0.1) is 6.92 Å². The molecule has 2 heterocycles.